The summed E-state index contributed by atoms with van der Waals surface area (Å²) in [6, 6.07) is 4.17. The summed E-state index contributed by atoms with van der Waals surface area (Å²) in [6.07, 6.45) is 6.36. The van der Waals surface area contributed by atoms with E-state index in [1.807, 2.05) is 0 Å². The Labute approximate surface area is 163 Å². The van der Waals surface area contributed by atoms with Crippen LogP contribution in [0.25, 0.3) is 0 Å². The van der Waals surface area contributed by atoms with E-state index in [1.54, 1.807) is 7.11 Å². The second-order valence-electron chi connectivity index (χ2n) is 9.69. The zero-order valence-corrected chi connectivity index (χ0v) is 17.6. The van der Waals surface area contributed by atoms with Crippen LogP contribution in [0.15, 0.2) is 12.1 Å². The third-order valence-corrected chi connectivity index (χ3v) is 7.05. The van der Waals surface area contributed by atoms with Gasteiger partial charge in [0.15, 0.2) is 0 Å². The van der Waals surface area contributed by atoms with Crippen LogP contribution < -0.4 is 9.47 Å². The average molecular weight is 377 g/mol. The average Bonchev–Trinajstić information content (AvgIpc) is 2.59. The summed E-state index contributed by atoms with van der Waals surface area (Å²) in [5.41, 5.74) is 1.10. The summed E-state index contributed by atoms with van der Waals surface area (Å²) in [5, 5.41) is 20.9. The van der Waals surface area contributed by atoms with Gasteiger partial charge in [-0.15, -0.1) is 0 Å². The fourth-order valence-electron chi connectivity index (χ4n) is 5.38. The van der Waals surface area contributed by atoms with E-state index < -0.39 is 5.60 Å². The lowest BCUT2D eigenvalue weighted by Crippen LogP contribution is -2.52. The van der Waals surface area contributed by atoms with E-state index in [9.17, 15) is 10.2 Å². The minimum Gasteiger partial charge on any atom is -0.496 e. The maximum atomic E-state index is 11.0. The lowest BCUT2D eigenvalue weighted by atomic mass is 9.59. The van der Waals surface area contributed by atoms with Crippen LogP contribution in [-0.2, 0) is 6.42 Å². The number of hydrogen-bond acceptors (Lipinski definition) is 4. The van der Waals surface area contributed by atoms with Gasteiger partial charge in [0, 0.05) is 5.56 Å². The van der Waals surface area contributed by atoms with Crippen molar-refractivity contribution in [3.63, 3.8) is 0 Å². The van der Waals surface area contributed by atoms with Crippen molar-refractivity contribution in [2.24, 2.45) is 11.3 Å². The van der Waals surface area contributed by atoms with E-state index in [0.717, 1.165) is 61.2 Å². The Morgan fingerprint density at radius 2 is 1.93 bits per heavy atom. The molecule has 0 aromatic heterocycles. The molecule has 1 aliphatic heterocycles. The zero-order chi connectivity index (χ0) is 19.9. The third kappa shape index (κ3) is 3.97. The van der Waals surface area contributed by atoms with Gasteiger partial charge in [-0.05, 0) is 87.8 Å². The van der Waals surface area contributed by atoms with E-state index in [2.05, 4.69) is 39.8 Å². The maximum absolute atomic E-state index is 11.0. The first-order valence-corrected chi connectivity index (χ1v) is 10.3. The van der Waals surface area contributed by atoms with Gasteiger partial charge < -0.3 is 19.7 Å². The number of rotatable bonds is 5. The van der Waals surface area contributed by atoms with E-state index in [0.29, 0.717) is 6.42 Å². The molecular formula is C23H36O4. The maximum Gasteiger partial charge on any atom is 0.127 e. The Kier molecular flexibility index (Phi) is 5.53. The number of benzene rings is 1. The molecule has 4 heteroatoms. The van der Waals surface area contributed by atoms with Crippen molar-refractivity contribution in [3.05, 3.63) is 23.3 Å². The Balaban J connectivity index is 1.77. The van der Waals surface area contributed by atoms with Gasteiger partial charge in [0.25, 0.3) is 0 Å². The normalized spacial score (nSPS) is 32.5. The van der Waals surface area contributed by atoms with Crippen LogP contribution in [0.1, 0.15) is 70.4 Å². The Morgan fingerprint density at radius 3 is 2.59 bits per heavy atom. The molecule has 4 nitrogen and oxygen atoms in total. The van der Waals surface area contributed by atoms with Gasteiger partial charge in [-0.25, -0.2) is 0 Å². The van der Waals surface area contributed by atoms with Crippen molar-refractivity contribution in [1.82, 2.24) is 0 Å². The first-order chi connectivity index (χ1) is 12.6. The molecule has 1 unspecified atom stereocenters. The molecule has 2 aliphatic rings. The molecule has 1 aliphatic carbocycles. The predicted octanol–water partition coefficient (Wildman–Crippen LogP) is 4.42. The lowest BCUT2D eigenvalue weighted by Gasteiger charge is -2.50. The van der Waals surface area contributed by atoms with Crippen molar-refractivity contribution in [2.45, 2.75) is 83.8 Å². The quantitative estimate of drug-likeness (QED) is 0.799. The summed E-state index contributed by atoms with van der Waals surface area (Å²) < 4.78 is 12.0. The Hall–Kier alpha value is -1.26. The Morgan fingerprint density at radius 1 is 1.19 bits per heavy atom. The second-order valence-corrected chi connectivity index (χ2v) is 9.69. The standard InChI is InChI=1S/C23H36O4/c1-16-13-18(26-5)17-7-11-22(4,27-19(17)14-16)12-8-20-21(2,3)9-6-10-23(20,25)15-24/h13-14,20,24-25H,6-12,15H2,1-5H3/t20?,22-,23-/m1/s1. The van der Waals surface area contributed by atoms with Crippen molar-refractivity contribution in [2.75, 3.05) is 13.7 Å². The highest BCUT2D eigenvalue weighted by molar-refractivity contribution is 5.49. The molecule has 0 bridgehead atoms. The highest BCUT2D eigenvalue weighted by atomic mass is 16.5. The highest BCUT2D eigenvalue weighted by Crippen LogP contribution is 2.50. The minimum absolute atomic E-state index is 0.0263. The number of ether oxygens (including phenoxy) is 2. The van der Waals surface area contributed by atoms with Gasteiger partial charge in [-0.2, -0.15) is 0 Å². The van der Waals surface area contributed by atoms with Crippen LogP contribution in [0.3, 0.4) is 0 Å². The molecule has 152 valence electrons. The molecule has 3 atom stereocenters. The summed E-state index contributed by atoms with van der Waals surface area (Å²) >= 11 is 0. The zero-order valence-electron chi connectivity index (χ0n) is 17.6. The van der Waals surface area contributed by atoms with E-state index in [-0.39, 0.29) is 23.5 Å². The smallest absolute Gasteiger partial charge is 0.127 e. The van der Waals surface area contributed by atoms with Crippen LogP contribution in [0.2, 0.25) is 0 Å². The fraction of sp³-hybridized carbons (Fsp3) is 0.739. The van der Waals surface area contributed by atoms with Gasteiger partial charge in [0.1, 0.15) is 17.1 Å². The van der Waals surface area contributed by atoms with Gasteiger partial charge >= 0.3 is 0 Å². The van der Waals surface area contributed by atoms with Gasteiger partial charge in [0.2, 0.25) is 0 Å². The van der Waals surface area contributed by atoms with Crippen LogP contribution >= 0.6 is 0 Å². The number of fused-ring (bicyclic) bond motifs is 1. The van der Waals surface area contributed by atoms with E-state index >= 15 is 0 Å². The number of methoxy groups -OCH3 is 1. The summed E-state index contributed by atoms with van der Waals surface area (Å²) in [7, 11) is 1.71. The van der Waals surface area contributed by atoms with Crippen LogP contribution in [0.5, 0.6) is 11.5 Å². The monoisotopic (exact) mass is 376 g/mol. The number of aliphatic hydroxyl groups is 2. The number of aliphatic hydroxyl groups excluding tert-OH is 1. The van der Waals surface area contributed by atoms with Gasteiger partial charge in [-0.1, -0.05) is 13.8 Å². The summed E-state index contributed by atoms with van der Waals surface area (Å²) in [4.78, 5) is 0. The first-order valence-electron chi connectivity index (χ1n) is 10.3. The lowest BCUT2D eigenvalue weighted by molar-refractivity contribution is -0.136. The number of aryl methyl sites for hydroxylation is 1. The molecular weight excluding hydrogens is 340 g/mol. The largest absolute Gasteiger partial charge is 0.496 e. The molecule has 0 saturated heterocycles. The Bertz CT molecular complexity index is 683. The van der Waals surface area contributed by atoms with Crippen LogP contribution in [-0.4, -0.2) is 35.1 Å². The predicted molar refractivity (Wildman–Crippen MR) is 107 cm³/mol. The molecule has 1 aromatic carbocycles. The molecule has 1 fully saturated rings. The molecule has 0 radical (unpaired) electrons. The van der Waals surface area contributed by atoms with Crippen LogP contribution in [0.4, 0.5) is 0 Å². The SMILES string of the molecule is COc1cc(C)cc2c1CC[C@](C)(CCC1C(C)(C)CCC[C@@]1(O)CO)O2. The van der Waals surface area contributed by atoms with Crippen molar-refractivity contribution < 1.29 is 19.7 Å². The van der Waals surface area contributed by atoms with Crippen LogP contribution in [0, 0.1) is 18.3 Å². The first kappa shape index (κ1) is 20.5. The van der Waals surface area contributed by atoms with E-state index in [1.165, 1.54) is 0 Å². The van der Waals surface area contributed by atoms with Gasteiger partial charge in [0.05, 0.1) is 19.3 Å². The molecule has 0 amide bonds. The molecule has 3 rings (SSSR count). The molecule has 1 saturated carbocycles. The third-order valence-electron chi connectivity index (χ3n) is 7.05. The topological polar surface area (TPSA) is 58.9 Å². The minimum atomic E-state index is -0.968. The van der Waals surface area contributed by atoms with Crippen molar-refractivity contribution in [1.29, 1.82) is 0 Å². The summed E-state index contributed by atoms with van der Waals surface area (Å²) in [5.74, 6) is 1.92. The fourth-order valence-corrected chi connectivity index (χ4v) is 5.38. The number of hydrogen-bond donors (Lipinski definition) is 2. The highest BCUT2D eigenvalue weighted by Gasteiger charge is 2.48. The molecule has 2 N–H and O–H groups in total. The van der Waals surface area contributed by atoms with Gasteiger partial charge in [-0.3, -0.25) is 0 Å². The summed E-state index contributed by atoms with van der Waals surface area (Å²) in [6.45, 7) is 8.54. The second kappa shape index (κ2) is 7.29. The molecule has 0 spiro atoms. The van der Waals surface area contributed by atoms with Crippen molar-refractivity contribution in [3.8, 4) is 11.5 Å². The van der Waals surface area contributed by atoms with E-state index in [4.69, 9.17) is 9.47 Å². The molecule has 1 heterocycles. The molecule has 1 aromatic rings. The van der Waals surface area contributed by atoms with Crippen molar-refractivity contribution >= 4 is 0 Å². The molecule has 27 heavy (non-hydrogen) atoms.